The molecule has 1 spiro atoms. The van der Waals surface area contributed by atoms with Crippen molar-refractivity contribution in [2.24, 2.45) is 5.92 Å². The molecule has 0 aromatic heterocycles. The van der Waals surface area contributed by atoms with Gasteiger partial charge in [-0.05, 0) is 324 Å². The van der Waals surface area contributed by atoms with Crippen molar-refractivity contribution in [3.63, 3.8) is 0 Å². The van der Waals surface area contributed by atoms with Gasteiger partial charge in [0.1, 0.15) is 11.5 Å². The number of methoxy groups -OCH3 is 2. The Morgan fingerprint density at radius 1 is 0.316 bits per heavy atom. The van der Waals surface area contributed by atoms with Gasteiger partial charge in [-0.3, -0.25) is 0 Å². The molecule has 19 rings (SSSR count). The van der Waals surface area contributed by atoms with E-state index in [9.17, 15) is 0 Å². The molecule has 11 aromatic rings. The van der Waals surface area contributed by atoms with E-state index in [1.165, 1.54) is 225 Å². The molecule has 11 aromatic carbocycles. The zero-order valence-electron chi connectivity index (χ0n) is 84.0. The maximum Gasteiger partial charge on any atom is 2.00 e. The Kier molecular flexibility index (Phi) is 45.7. The van der Waals surface area contributed by atoms with E-state index in [2.05, 4.69) is 325 Å². The van der Waals surface area contributed by atoms with Gasteiger partial charge < -0.3 is 44.1 Å². The first-order valence-electron chi connectivity index (χ1n) is 49.0. The number of nitrogens with zero attached hydrogens (tertiary/aromatic N) is 1. The summed E-state index contributed by atoms with van der Waals surface area (Å²) in [5.41, 5.74) is 26.0. The molecule has 0 aliphatic heterocycles. The molecule has 714 valence electrons. The van der Waals surface area contributed by atoms with Crippen LogP contribution in [0, 0.1) is 97.9 Å². The van der Waals surface area contributed by atoms with Gasteiger partial charge in [-0.25, -0.2) is 0 Å². The number of ether oxygens (including phenoxy) is 2. The average molecular weight is 1960 g/mol. The topological polar surface area (TPSA) is 21.7 Å². The third-order valence-corrected chi connectivity index (χ3v) is 44.4. The molecule has 6 saturated carbocycles. The Labute approximate surface area is 838 Å². The van der Waals surface area contributed by atoms with Crippen LogP contribution in [0.1, 0.15) is 266 Å². The Morgan fingerprint density at radius 2 is 0.624 bits per heavy atom. The Bertz CT molecular complexity index is 4950. The smallest absolute Gasteiger partial charge is 0.496 e. The Morgan fingerprint density at radius 3 is 0.985 bits per heavy atom. The third kappa shape index (κ3) is 27.3. The van der Waals surface area contributed by atoms with Gasteiger partial charge >= 0.3 is 34.1 Å². The van der Waals surface area contributed by atoms with Gasteiger partial charge in [-0.2, -0.15) is 0 Å². The summed E-state index contributed by atoms with van der Waals surface area (Å²) in [6.45, 7) is 22.4. The quantitative estimate of drug-likeness (QED) is 0.0431. The van der Waals surface area contributed by atoms with E-state index in [4.69, 9.17) is 9.47 Å². The van der Waals surface area contributed by atoms with Gasteiger partial charge in [-0.15, -0.1) is 0 Å². The maximum absolute atomic E-state index is 6.34. The fraction of sp³-hybridized carbons (Fsp3) is 0.431. The molecular formula is C123H164Fe2NO2P5. The van der Waals surface area contributed by atoms with Crippen LogP contribution in [-0.4, -0.2) is 67.6 Å². The summed E-state index contributed by atoms with van der Waals surface area (Å²) in [6.07, 6.45) is 44.8. The molecule has 0 bridgehead atoms. The summed E-state index contributed by atoms with van der Waals surface area (Å²) in [6, 6.07) is 90.0. The molecule has 133 heavy (non-hydrogen) atoms. The zero-order chi connectivity index (χ0) is 87.8. The first-order valence-corrected chi connectivity index (χ1v) is 56.1. The number of hydrogen-bond acceptors (Lipinski definition) is 3. The van der Waals surface area contributed by atoms with Crippen LogP contribution in [0.25, 0.3) is 11.1 Å². The van der Waals surface area contributed by atoms with E-state index < -0.39 is 23.8 Å². The van der Waals surface area contributed by atoms with Crippen molar-refractivity contribution in [1.29, 1.82) is 0 Å². The molecule has 5 atom stereocenters. The second-order valence-corrected chi connectivity index (χ2v) is 51.4. The number of benzene rings is 11. The largest absolute Gasteiger partial charge is 2.00 e. The number of rotatable bonds is 20. The van der Waals surface area contributed by atoms with Crippen molar-refractivity contribution in [3.8, 4) is 22.6 Å². The third-order valence-electron chi connectivity index (χ3n) is 29.5. The molecule has 8 aliphatic rings. The minimum absolute atomic E-state index is 0. The molecule has 3 nitrogen and oxygen atoms in total. The number of aryl methyl sites for hydroxylation is 11. The minimum atomic E-state index is -0.984. The Hall–Kier alpha value is -5.83. The van der Waals surface area contributed by atoms with Crippen molar-refractivity contribution in [2.45, 2.75) is 309 Å². The van der Waals surface area contributed by atoms with Gasteiger partial charge in [0.05, 0.1) is 14.2 Å². The molecule has 0 N–H and O–H groups in total. The minimum Gasteiger partial charge on any atom is -0.496 e. The summed E-state index contributed by atoms with van der Waals surface area (Å²) in [7, 11) is 5.98. The molecule has 3 unspecified atom stereocenters. The second-order valence-electron chi connectivity index (χ2n) is 39.1. The van der Waals surface area contributed by atoms with Gasteiger partial charge in [0.15, 0.2) is 0 Å². The average Bonchev–Trinajstić information content (AvgIpc) is 1.46. The fourth-order valence-electron chi connectivity index (χ4n) is 24.1. The van der Waals surface area contributed by atoms with Crippen molar-refractivity contribution in [1.82, 2.24) is 4.90 Å². The van der Waals surface area contributed by atoms with Crippen LogP contribution in [0.4, 0.5) is 0 Å². The first-order chi connectivity index (χ1) is 61.4. The summed E-state index contributed by atoms with van der Waals surface area (Å²) in [5.74, 6) is 2.61. The monoisotopic (exact) mass is 1950 g/mol. The van der Waals surface area contributed by atoms with E-state index >= 15 is 0 Å². The van der Waals surface area contributed by atoms with E-state index in [1.807, 2.05) is 0 Å². The number of hydrogen-bond donors (Lipinski definition) is 0. The molecule has 6 fully saturated rings. The van der Waals surface area contributed by atoms with Gasteiger partial charge in [-0.1, -0.05) is 395 Å². The van der Waals surface area contributed by atoms with Crippen LogP contribution in [0.5, 0.6) is 11.5 Å². The van der Waals surface area contributed by atoms with E-state index in [0.717, 1.165) is 45.9 Å². The predicted molar refractivity (Wildman–Crippen MR) is 592 cm³/mol. The first kappa shape index (κ1) is 112. The van der Waals surface area contributed by atoms with Gasteiger partial charge in [0.2, 0.25) is 0 Å². The van der Waals surface area contributed by atoms with Crippen LogP contribution < -0.4 is 62.5 Å². The zero-order valence-corrected chi connectivity index (χ0v) is 90.7. The molecular weight excluding hydrogens is 1790 g/mol. The molecule has 10 heteroatoms. The summed E-state index contributed by atoms with van der Waals surface area (Å²) >= 11 is 0. The normalized spacial score (nSPS) is 18.4. The van der Waals surface area contributed by atoms with Crippen LogP contribution in [0.3, 0.4) is 0 Å². The number of fused-ring (bicyclic) bond motifs is 4. The predicted octanol–water partition coefficient (Wildman–Crippen LogP) is 30.6. The van der Waals surface area contributed by atoms with E-state index in [-0.39, 0.29) is 84.6 Å². The molecule has 0 radical (unpaired) electrons. The Balaban J connectivity index is 0.000000225. The van der Waals surface area contributed by atoms with E-state index in [1.54, 1.807) is 124 Å². The van der Waals surface area contributed by atoms with Crippen molar-refractivity contribution >= 4 is 92.7 Å². The molecule has 0 saturated heterocycles. The van der Waals surface area contributed by atoms with Crippen LogP contribution in [0.15, 0.2) is 237 Å². The second kappa shape index (κ2) is 54.1. The molecule has 0 amide bonds. The van der Waals surface area contributed by atoms with Crippen LogP contribution in [0.2, 0.25) is 0 Å². The van der Waals surface area contributed by atoms with Crippen molar-refractivity contribution in [2.75, 3.05) is 28.3 Å². The van der Waals surface area contributed by atoms with Crippen LogP contribution >= 0.6 is 39.6 Å². The van der Waals surface area contributed by atoms with Gasteiger partial charge in [0, 0.05) is 22.6 Å². The van der Waals surface area contributed by atoms with Crippen molar-refractivity contribution in [3.05, 3.63) is 339 Å². The standard InChI is InChI=1S/C46H48O2P2.C30H27P.C20H32NP.C17H31P.C5H10.CH4.4CH3.2Fe/c1-29-17-30(2)22-37(21-29)49(38-23-31(3)18-32(4)24-38)43-15-11-13-41(47-9)45(43)46-42(48-10)14-12-16-44(46)50(39-25-33(5)19-34(6)26-39)40-27-35(7)20-36(8)28-40;1-22-10-8-11-23-18-20-30(28(22)23)21-19-24-12-9-17-27(29(24)30)31(25-13-4-2-5-14-25)26-15-6-3-7-16-26;1-16(21(2)3)19-14-9-15-20(19)22(18-12-7-8-13-18)17-10-5-4-6-11-17;1-3-9-15(10-4-1)18(17-13-7-8-14-17)16-11-5-2-6-12-16;1-2-4-5-3-1;;;;;;;/h11-28H,1-10H3;2-17H,18-21H2,1H3;4-6,10-11,16,18-20H,7-9,12-15H2,1-3H3;15-17H,1-14H2;1-5H2;1H4;4*1H3;;/q;;;;;;4*-1;2*+2/t;30-;16-,19?,20?,22?;;;;;;;;;/m.00........./s1. The maximum atomic E-state index is 6.34. The van der Waals surface area contributed by atoms with Crippen LogP contribution in [-0.2, 0) is 52.4 Å². The summed E-state index contributed by atoms with van der Waals surface area (Å²) in [5, 5.41) is 14.0. The molecule has 8 aliphatic carbocycles. The summed E-state index contributed by atoms with van der Waals surface area (Å²) in [4.78, 5) is 2.45. The molecule has 0 heterocycles. The van der Waals surface area contributed by atoms with E-state index in [0.29, 0.717) is 7.92 Å². The van der Waals surface area contributed by atoms with Crippen molar-refractivity contribution < 1.29 is 43.6 Å². The van der Waals surface area contributed by atoms with Gasteiger partial charge in [0.25, 0.3) is 0 Å². The fourth-order valence-corrected chi connectivity index (χ4v) is 41.1. The summed E-state index contributed by atoms with van der Waals surface area (Å²) < 4.78 is 12.7. The SMILES string of the molecule is C.C1CCC(P(C2CCCCC2)C2CCCC2)CC1.C1CCCC1.COc1cccc(P(c2cc(C)cc(C)c2)c2cc(C)cc(C)c2)c1-c1c(OC)cccc1P(c1cc(C)cc(C)c1)c1cc(C)cc(C)c1.C[C@@H](C1CCCC1P(c1ccccc1)C1CCCC1)N(C)C.Cc1cccc2c1[C@]1(CC2)CCc2cccc(P(c3ccccc3)c3ccccc3)c21.[CH3-].[CH3-].[CH3-].[CH3-].[Fe+2].[Fe+2].